The second-order valence-electron chi connectivity index (χ2n) is 6.47. The molecular weight excluding hydrogens is 314 g/mol. The van der Waals surface area contributed by atoms with E-state index in [1.807, 2.05) is 48.7 Å². The SMILES string of the molecule is COc1ccc(C2C(CO)=CN(Cc3ccccc3)CC2CO)cc1. The standard InChI is InChI=1S/C21H25NO3/c1-25-20-9-7-17(8-10-20)21-18(14-23)12-22(13-19(21)15-24)11-16-5-3-2-4-6-16/h2-10,12,19,21,23-24H,11,13-15H2,1H3. The maximum atomic E-state index is 9.96. The van der Waals surface area contributed by atoms with Gasteiger partial charge in [0.15, 0.2) is 0 Å². The van der Waals surface area contributed by atoms with Crippen molar-refractivity contribution in [2.45, 2.75) is 12.5 Å². The van der Waals surface area contributed by atoms with Crippen LogP contribution in [0.25, 0.3) is 0 Å². The molecule has 0 radical (unpaired) electrons. The number of aliphatic hydroxyl groups excluding tert-OH is 2. The predicted octanol–water partition coefficient (Wildman–Crippen LogP) is 2.78. The number of methoxy groups -OCH3 is 1. The van der Waals surface area contributed by atoms with E-state index < -0.39 is 0 Å². The molecule has 2 unspecified atom stereocenters. The molecule has 2 N–H and O–H groups in total. The largest absolute Gasteiger partial charge is 0.497 e. The number of hydrogen-bond acceptors (Lipinski definition) is 4. The minimum Gasteiger partial charge on any atom is -0.497 e. The highest BCUT2D eigenvalue weighted by atomic mass is 16.5. The molecule has 1 aliphatic rings. The van der Waals surface area contributed by atoms with Crippen molar-refractivity contribution in [1.82, 2.24) is 4.90 Å². The van der Waals surface area contributed by atoms with Gasteiger partial charge < -0.3 is 19.8 Å². The van der Waals surface area contributed by atoms with Crippen molar-refractivity contribution in [3.8, 4) is 5.75 Å². The zero-order valence-electron chi connectivity index (χ0n) is 14.5. The predicted molar refractivity (Wildman–Crippen MR) is 98.3 cm³/mol. The van der Waals surface area contributed by atoms with Crippen molar-refractivity contribution in [3.05, 3.63) is 77.5 Å². The third-order valence-electron chi connectivity index (χ3n) is 4.81. The number of aliphatic hydroxyl groups is 2. The van der Waals surface area contributed by atoms with Gasteiger partial charge in [-0.15, -0.1) is 0 Å². The molecule has 1 heterocycles. The van der Waals surface area contributed by atoms with Gasteiger partial charge in [-0.2, -0.15) is 0 Å². The molecule has 132 valence electrons. The van der Waals surface area contributed by atoms with E-state index in [0.29, 0.717) is 0 Å². The van der Waals surface area contributed by atoms with Crippen LogP contribution >= 0.6 is 0 Å². The second kappa shape index (κ2) is 8.19. The van der Waals surface area contributed by atoms with Crippen LogP contribution in [0.2, 0.25) is 0 Å². The van der Waals surface area contributed by atoms with Crippen LogP contribution in [0.1, 0.15) is 17.0 Å². The molecule has 2 aromatic rings. The molecule has 0 amide bonds. The van der Waals surface area contributed by atoms with Crippen molar-refractivity contribution in [2.75, 3.05) is 26.9 Å². The van der Waals surface area contributed by atoms with Gasteiger partial charge in [0.05, 0.1) is 13.7 Å². The van der Waals surface area contributed by atoms with Gasteiger partial charge >= 0.3 is 0 Å². The molecule has 0 saturated heterocycles. The quantitative estimate of drug-likeness (QED) is 0.850. The normalized spacial score (nSPS) is 20.3. The highest BCUT2D eigenvalue weighted by Gasteiger charge is 2.31. The van der Waals surface area contributed by atoms with Gasteiger partial charge in [-0.3, -0.25) is 0 Å². The van der Waals surface area contributed by atoms with E-state index in [1.165, 1.54) is 5.56 Å². The molecular formula is C21H25NO3. The van der Waals surface area contributed by atoms with Crippen molar-refractivity contribution >= 4 is 0 Å². The van der Waals surface area contributed by atoms with Gasteiger partial charge in [0.1, 0.15) is 5.75 Å². The lowest BCUT2D eigenvalue weighted by molar-refractivity contribution is 0.151. The molecule has 0 aromatic heterocycles. The van der Waals surface area contributed by atoms with E-state index in [2.05, 4.69) is 17.0 Å². The summed E-state index contributed by atoms with van der Waals surface area (Å²) in [6, 6.07) is 18.1. The van der Waals surface area contributed by atoms with Crippen LogP contribution in [-0.2, 0) is 6.54 Å². The maximum Gasteiger partial charge on any atom is 0.118 e. The summed E-state index contributed by atoms with van der Waals surface area (Å²) in [4.78, 5) is 2.18. The Morgan fingerprint density at radius 2 is 1.76 bits per heavy atom. The number of ether oxygens (including phenoxy) is 1. The van der Waals surface area contributed by atoms with E-state index in [0.717, 1.165) is 30.0 Å². The van der Waals surface area contributed by atoms with E-state index in [9.17, 15) is 10.2 Å². The Morgan fingerprint density at radius 1 is 1.04 bits per heavy atom. The lowest BCUT2D eigenvalue weighted by atomic mass is 9.78. The first-order valence-corrected chi connectivity index (χ1v) is 8.59. The first-order chi connectivity index (χ1) is 12.2. The first-order valence-electron chi connectivity index (χ1n) is 8.59. The van der Waals surface area contributed by atoms with Crippen LogP contribution in [0.3, 0.4) is 0 Å². The minimum absolute atomic E-state index is 0.0154. The lowest BCUT2D eigenvalue weighted by Gasteiger charge is -2.38. The average Bonchev–Trinajstić information content (AvgIpc) is 2.68. The Bertz CT molecular complexity index is 697. The monoisotopic (exact) mass is 339 g/mol. The van der Waals surface area contributed by atoms with Crippen LogP contribution in [-0.4, -0.2) is 42.0 Å². The van der Waals surface area contributed by atoms with E-state index in [-0.39, 0.29) is 25.0 Å². The molecule has 2 atom stereocenters. The first kappa shape index (κ1) is 17.5. The van der Waals surface area contributed by atoms with Crippen molar-refractivity contribution in [3.63, 3.8) is 0 Å². The fourth-order valence-corrected chi connectivity index (χ4v) is 3.60. The zero-order chi connectivity index (χ0) is 17.6. The smallest absolute Gasteiger partial charge is 0.118 e. The number of benzene rings is 2. The zero-order valence-corrected chi connectivity index (χ0v) is 14.5. The van der Waals surface area contributed by atoms with E-state index >= 15 is 0 Å². The Morgan fingerprint density at radius 3 is 2.36 bits per heavy atom. The van der Waals surface area contributed by atoms with Gasteiger partial charge in [0, 0.05) is 37.7 Å². The fraction of sp³-hybridized carbons (Fsp3) is 0.333. The van der Waals surface area contributed by atoms with Gasteiger partial charge in [-0.25, -0.2) is 0 Å². The third kappa shape index (κ3) is 4.03. The Labute approximate surface area is 149 Å². The van der Waals surface area contributed by atoms with Crippen molar-refractivity contribution in [2.24, 2.45) is 5.92 Å². The lowest BCUT2D eigenvalue weighted by Crippen LogP contribution is -2.37. The van der Waals surface area contributed by atoms with Crippen LogP contribution in [0.15, 0.2) is 66.4 Å². The van der Waals surface area contributed by atoms with Crippen molar-refractivity contribution < 1.29 is 14.9 Å². The van der Waals surface area contributed by atoms with E-state index in [4.69, 9.17) is 4.74 Å². The number of nitrogens with zero attached hydrogens (tertiary/aromatic N) is 1. The molecule has 4 heteroatoms. The highest BCUT2D eigenvalue weighted by molar-refractivity contribution is 5.36. The summed E-state index contributed by atoms with van der Waals surface area (Å²) in [6.07, 6.45) is 2.05. The molecule has 25 heavy (non-hydrogen) atoms. The number of hydrogen-bond donors (Lipinski definition) is 2. The summed E-state index contributed by atoms with van der Waals surface area (Å²) < 4.78 is 5.22. The summed E-state index contributed by atoms with van der Waals surface area (Å²) >= 11 is 0. The Kier molecular flexibility index (Phi) is 5.74. The summed E-state index contributed by atoms with van der Waals surface area (Å²) in [5, 5.41) is 19.9. The maximum absolute atomic E-state index is 9.96. The molecule has 3 rings (SSSR count). The van der Waals surface area contributed by atoms with Crippen LogP contribution < -0.4 is 4.74 Å². The highest BCUT2D eigenvalue weighted by Crippen LogP contribution is 2.37. The summed E-state index contributed by atoms with van der Waals surface area (Å²) in [5.74, 6) is 0.873. The minimum atomic E-state index is -0.0154. The molecule has 0 fully saturated rings. The van der Waals surface area contributed by atoms with Crippen LogP contribution in [0.5, 0.6) is 5.75 Å². The third-order valence-corrected chi connectivity index (χ3v) is 4.81. The molecule has 4 nitrogen and oxygen atoms in total. The Balaban J connectivity index is 1.86. The van der Waals surface area contributed by atoms with Crippen LogP contribution in [0, 0.1) is 5.92 Å². The number of rotatable bonds is 6. The molecule has 2 aromatic carbocycles. The van der Waals surface area contributed by atoms with Crippen LogP contribution in [0.4, 0.5) is 0 Å². The second-order valence-corrected chi connectivity index (χ2v) is 6.47. The molecule has 0 aliphatic carbocycles. The van der Waals surface area contributed by atoms with E-state index in [1.54, 1.807) is 7.11 Å². The summed E-state index contributed by atoms with van der Waals surface area (Å²) in [5.41, 5.74) is 3.25. The molecule has 0 saturated carbocycles. The average molecular weight is 339 g/mol. The Hall–Kier alpha value is -2.30. The molecule has 0 spiro atoms. The topological polar surface area (TPSA) is 52.9 Å². The summed E-state index contributed by atoms with van der Waals surface area (Å²) in [7, 11) is 1.65. The van der Waals surface area contributed by atoms with Gasteiger partial charge in [-0.1, -0.05) is 42.5 Å². The summed E-state index contributed by atoms with van der Waals surface area (Å²) in [6.45, 7) is 1.60. The van der Waals surface area contributed by atoms with Gasteiger partial charge in [0.2, 0.25) is 0 Å². The molecule has 1 aliphatic heterocycles. The van der Waals surface area contributed by atoms with Gasteiger partial charge in [0.25, 0.3) is 0 Å². The van der Waals surface area contributed by atoms with Gasteiger partial charge in [-0.05, 0) is 28.8 Å². The molecule has 0 bridgehead atoms. The van der Waals surface area contributed by atoms with Crippen molar-refractivity contribution in [1.29, 1.82) is 0 Å². The fourth-order valence-electron chi connectivity index (χ4n) is 3.60.